The molecule has 2 N–H and O–H groups in total. The van der Waals surface area contributed by atoms with Crippen molar-refractivity contribution in [1.82, 2.24) is 10.2 Å². The number of piperidine rings is 1. The lowest BCUT2D eigenvalue weighted by atomic mass is 9.97. The van der Waals surface area contributed by atoms with Crippen LogP contribution >= 0.6 is 0 Å². The molecule has 8 heteroatoms. The molecule has 0 unspecified atom stereocenters. The summed E-state index contributed by atoms with van der Waals surface area (Å²) in [6.45, 7) is 1.80. The molecule has 0 spiro atoms. The summed E-state index contributed by atoms with van der Waals surface area (Å²) in [5, 5.41) is 5.56. The number of carbonyl (C=O) groups excluding carboxylic acids is 3. The fraction of sp³-hybridized carbons (Fsp3) is 0.348. The largest absolute Gasteiger partial charge is 0.486 e. The number of hydrogen-bond acceptors (Lipinski definition) is 5. The number of anilines is 1. The van der Waals surface area contributed by atoms with Crippen LogP contribution in [0.1, 0.15) is 23.2 Å². The van der Waals surface area contributed by atoms with E-state index >= 15 is 0 Å². The second kappa shape index (κ2) is 9.51. The number of rotatable bonds is 5. The monoisotopic (exact) mass is 423 g/mol. The Hall–Kier alpha value is -3.55. The highest BCUT2D eigenvalue weighted by Gasteiger charge is 2.29. The van der Waals surface area contributed by atoms with Crippen LogP contribution in [0, 0.1) is 5.92 Å². The first-order valence-electron chi connectivity index (χ1n) is 10.4. The maximum atomic E-state index is 12.8. The van der Waals surface area contributed by atoms with E-state index in [1.165, 1.54) is 0 Å². The Morgan fingerprint density at radius 2 is 1.77 bits per heavy atom. The van der Waals surface area contributed by atoms with Crippen molar-refractivity contribution in [2.24, 2.45) is 5.92 Å². The molecule has 2 aliphatic heterocycles. The fourth-order valence-electron chi connectivity index (χ4n) is 3.74. The summed E-state index contributed by atoms with van der Waals surface area (Å²) in [7, 11) is 0. The molecule has 2 aliphatic rings. The summed E-state index contributed by atoms with van der Waals surface area (Å²) < 4.78 is 11.1. The number of benzene rings is 2. The molecule has 4 rings (SSSR count). The summed E-state index contributed by atoms with van der Waals surface area (Å²) in [6.07, 6.45) is 1.44. The minimum Gasteiger partial charge on any atom is -0.486 e. The van der Waals surface area contributed by atoms with Crippen LogP contribution < -0.4 is 20.1 Å². The van der Waals surface area contributed by atoms with Crippen LogP contribution in [-0.2, 0) is 9.59 Å². The molecule has 0 aliphatic carbocycles. The maximum absolute atomic E-state index is 12.8. The first-order chi connectivity index (χ1) is 15.1. The highest BCUT2D eigenvalue weighted by Crippen LogP contribution is 2.33. The van der Waals surface area contributed by atoms with Crippen molar-refractivity contribution in [3.63, 3.8) is 0 Å². The van der Waals surface area contributed by atoms with Crippen LogP contribution in [0.5, 0.6) is 11.5 Å². The van der Waals surface area contributed by atoms with Crippen molar-refractivity contribution in [1.29, 1.82) is 0 Å². The number of nitrogens with one attached hydrogen (secondary N) is 2. The van der Waals surface area contributed by atoms with Gasteiger partial charge in [-0.15, -0.1) is 0 Å². The Bertz CT molecular complexity index is 963. The van der Waals surface area contributed by atoms with Crippen molar-refractivity contribution in [2.45, 2.75) is 12.8 Å². The van der Waals surface area contributed by atoms with Gasteiger partial charge in [0.2, 0.25) is 11.8 Å². The molecule has 1 saturated heterocycles. The molecule has 0 saturated carbocycles. The number of likely N-dealkylation sites (tertiary alicyclic amines) is 1. The SMILES string of the molecule is O=C(NCC(=O)N1CCC[C@H](C(=O)Nc2ccc3c(c2)OCCO3)C1)c1ccccc1. The molecule has 162 valence electrons. The lowest BCUT2D eigenvalue weighted by Crippen LogP contribution is -2.47. The minimum atomic E-state index is -0.310. The topological polar surface area (TPSA) is 97.0 Å². The number of nitrogens with zero attached hydrogens (tertiary/aromatic N) is 1. The molecule has 31 heavy (non-hydrogen) atoms. The Kier molecular flexibility index (Phi) is 6.35. The molecule has 2 aromatic rings. The van der Waals surface area contributed by atoms with E-state index in [9.17, 15) is 14.4 Å². The third-order valence-corrected chi connectivity index (χ3v) is 5.39. The summed E-state index contributed by atoms with van der Waals surface area (Å²) in [5.41, 5.74) is 1.14. The average molecular weight is 423 g/mol. The van der Waals surface area contributed by atoms with Gasteiger partial charge in [0, 0.05) is 30.4 Å². The first kappa shape index (κ1) is 20.7. The molecule has 2 aromatic carbocycles. The maximum Gasteiger partial charge on any atom is 0.251 e. The van der Waals surface area contributed by atoms with Gasteiger partial charge in [-0.2, -0.15) is 0 Å². The molecule has 3 amide bonds. The zero-order chi connectivity index (χ0) is 21.6. The Morgan fingerprint density at radius 3 is 2.58 bits per heavy atom. The van der Waals surface area contributed by atoms with Crippen molar-refractivity contribution in [3.8, 4) is 11.5 Å². The van der Waals surface area contributed by atoms with Gasteiger partial charge in [0.1, 0.15) is 13.2 Å². The molecule has 0 radical (unpaired) electrons. The van der Waals surface area contributed by atoms with Crippen LogP contribution in [0.2, 0.25) is 0 Å². The fourth-order valence-corrected chi connectivity index (χ4v) is 3.74. The van der Waals surface area contributed by atoms with Crippen LogP contribution in [0.15, 0.2) is 48.5 Å². The molecule has 8 nitrogen and oxygen atoms in total. The van der Waals surface area contributed by atoms with Crippen molar-refractivity contribution in [3.05, 3.63) is 54.1 Å². The van der Waals surface area contributed by atoms with Crippen LogP contribution in [0.3, 0.4) is 0 Å². The van der Waals surface area contributed by atoms with Crippen molar-refractivity contribution in [2.75, 3.05) is 38.2 Å². The molecular weight excluding hydrogens is 398 g/mol. The summed E-state index contributed by atoms with van der Waals surface area (Å²) in [6, 6.07) is 14.0. The van der Waals surface area contributed by atoms with E-state index in [-0.39, 0.29) is 30.2 Å². The number of hydrogen-bond donors (Lipinski definition) is 2. The van der Waals surface area contributed by atoms with E-state index < -0.39 is 0 Å². The molecule has 2 heterocycles. The van der Waals surface area contributed by atoms with Gasteiger partial charge in [-0.05, 0) is 37.1 Å². The van der Waals surface area contributed by atoms with Gasteiger partial charge >= 0.3 is 0 Å². The van der Waals surface area contributed by atoms with Gasteiger partial charge in [-0.1, -0.05) is 18.2 Å². The van der Waals surface area contributed by atoms with E-state index in [0.29, 0.717) is 55.5 Å². The molecular formula is C23H25N3O5. The van der Waals surface area contributed by atoms with Crippen LogP contribution in [0.25, 0.3) is 0 Å². The van der Waals surface area contributed by atoms with Crippen molar-refractivity contribution >= 4 is 23.4 Å². The Labute approximate surface area is 180 Å². The van der Waals surface area contributed by atoms with Gasteiger partial charge < -0.3 is 25.0 Å². The first-order valence-corrected chi connectivity index (χ1v) is 10.4. The third-order valence-electron chi connectivity index (χ3n) is 5.39. The highest BCUT2D eigenvalue weighted by molar-refractivity contribution is 5.97. The summed E-state index contributed by atoms with van der Waals surface area (Å²) in [4.78, 5) is 39.1. The Morgan fingerprint density at radius 1 is 1.00 bits per heavy atom. The second-order valence-corrected chi connectivity index (χ2v) is 7.58. The van der Waals surface area contributed by atoms with E-state index in [0.717, 1.165) is 6.42 Å². The smallest absolute Gasteiger partial charge is 0.251 e. The number of ether oxygens (including phenoxy) is 2. The zero-order valence-corrected chi connectivity index (χ0v) is 17.1. The molecule has 0 aromatic heterocycles. The number of carbonyl (C=O) groups is 3. The van der Waals surface area contributed by atoms with Gasteiger partial charge in [0.05, 0.1) is 12.5 Å². The lowest BCUT2D eigenvalue weighted by molar-refractivity contribution is -0.133. The van der Waals surface area contributed by atoms with Gasteiger partial charge in [0.15, 0.2) is 11.5 Å². The third kappa shape index (κ3) is 5.14. The predicted molar refractivity (Wildman–Crippen MR) is 114 cm³/mol. The summed E-state index contributed by atoms with van der Waals surface area (Å²) >= 11 is 0. The predicted octanol–water partition coefficient (Wildman–Crippen LogP) is 2.06. The van der Waals surface area contributed by atoms with Gasteiger partial charge in [-0.25, -0.2) is 0 Å². The minimum absolute atomic E-state index is 0.0930. The highest BCUT2D eigenvalue weighted by atomic mass is 16.6. The number of amides is 3. The summed E-state index contributed by atoms with van der Waals surface area (Å²) in [5.74, 6) is 0.341. The average Bonchev–Trinajstić information content (AvgIpc) is 2.83. The van der Waals surface area contributed by atoms with E-state index in [2.05, 4.69) is 10.6 Å². The van der Waals surface area contributed by atoms with E-state index in [4.69, 9.17) is 9.47 Å². The molecule has 0 bridgehead atoms. The van der Waals surface area contributed by atoms with E-state index in [1.807, 2.05) is 6.07 Å². The molecule has 1 fully saturated rings. The van der Waals surface area contributed by atoms with E-state index in [1.54, 1.807) is 47.4 Å². The number of fused-ring (bicyclic) bond motifs is 1. The second-order valence-electron chi connectivity index (χ2n) is 7.58. The quantitative estimate of drug-likeness (QED) is 0.767. The van der Waals surface area contributed by atoms with Gasteiger partial charge in [-0.3, -0.25) is 14.4 Å². The van der Waals surface area contributed by atoms with Crippen LogP contribution in [-0.4, -0.2) is 55.5 Å². The lowest BCUT2D eigenvalue weighted by Gasteiger charge is -2.32. The standard InChI is InChI=1S/C23H25N3O5/c27-21(14-24-22(28)16-5-2-1-3-6-16)26-10-4-7-17(15-26)23(29)25-18-8-9-19-20(13-18)31-12-11-30-19/h1-3,5-6,8-9,13,17H,4,7,10-12,14-15H2,(H,24,28)(H,25,29)/t17-/m0/s1. The van der Waals surface area contributed by atoms with Crippen molar-refractivity contribution < 1.29 is 23.9 Å². The molecule has 1 atom stereocenters. The zero-order valence-electron chi connectivity index (χ0n) is 17.1. The van der Waals surface area contributed by atoms with Crippen LogP contribution in [0.4, 0.5) is 5.69 Å². The van der Waals surface area contributed by atoms with Gasteiger partial charge in [0.25, 0.3) is 5.91 Å². The Balaban J connectivity index is 1.30. The normalized spacial score (nSPS) is 17.5.